The molecule has 5 nitrogen and oxygen atoms in total. The molecular weight excluding hydrogens is 280 g/mol. The topological polar surface area (TPSA) is 81.4 Å². The van der Waals surface area contributed by atoms with Crippen molar-refractivity contribution in [1.29, 1.82) is 0 Å². The average Bonchev–Trinajstić information content (AvgIpc) is 2.42. The van der Waals surface area contributed by atoms with E-state index in [0.717, 1.165) is 0 Å². The fourth-order valence-corrected chi connectivity index (χ4v) is 1.91. The van der Waals surface area contributed by atoms with Crippen LogP contribution in [0.5, 0.6) is 5.75 Å². The van der Waals surface area contributed by atoms with Crippen molar-refractivity contribution in [3.05, 3.63) is 29.8 Å². The van der Waals surface area contributed by atoms with Crippen molar-refractivity contribution in [3.63, 3.8) is 0 Å². The molecule has 3 N–H and O–H groups in total. The Balaban J connectivity index is 2.45. The van der Waals surface area contributed by atoms with E-state index in [1.165, 1.54) is 5.56 Å². The summed E-state index contributed by atoms with van der Waals surface area (Å²) >= 11 is 0. The van der Waals surface area contributed by atoms with Crippen LogP contribution in [0.15, 0.2) is 24.3 Å². The van der Waals surface area contributed by atoms with Crippen LogP contribution in [0.2, 0.25) is 0 Å². The largest absolute Gasteiger partial charge is 0.481 e. The fourth-order valence-electron chi connectivity index (χ4n) is 1.91. The van der Waals surface area contributed by atoms with Crippen LogP contribution < -0.4 is 15.8 Å². The first kappa shape index (κ1) is 18.0. The molecule has 0 heterocycles. The first-order valence-corrected chi connectivity index (χ1v) is 7.53. The Morgan fingerprint density at radius 2 is 1.82 bits per heavy atom. The van der Waals surface area contributed by atoms with E-state index in [4.69, 9.17) is 10.5 Å². The predicted octanol–water partition coefficient (Wildman–Crippen LogP) is 2.13. The summed E-state index contributed by atoms with van der Waals surface area (Å²) in [5, 5.41) is 2.72. The lowest BCUT2D eigenvalue weighted by Gasteiger charge is -2.20. The van der Waals surface area contributed by atoms with Crippen molar-refractivity contribution in [2.75, 3.05) is 6.54 Å². The number of hydrogen-bond donors (Lipinski definition) is 2. The van der Waals surface area contributed by atoms with Gasteiger partial charge in [0.1, 0.15) is 5.75 Å². The highest BCUT2D eigenvalue weighted by atomic mass is 16.5. The van der Waals surface area contributed by atoms with Gasteiger partial charge in [0.15, 0.2) is 6.10 Å². The van der Waals surface area contributed by atoms with Gasteiger partial charge in [-0.25, -0.2) is 0 Å². The maximum atomic E-state index is 11.9. The van der Waals surface area contributed by atoms with Crippen LogP contribution >= 0.6 is 0 Å². The number of carbonyl (C=O) groups is 2. The molecule has 0 fully saturated rings. The van der Waals surface area contributed by atoms with Crippen molar-refractivity contribution >= 4 is 11.8 Å². The van der Waals surface area contributed by atoms with Gasteiger partial charge in [-0.1, -0.05) is 32.9 Å². The molecule has 0 aliphatic rings. The van der Waals surface area contributed by atoms with E-state index in [-0.39, 0.29) is 23.7 Å². The van der Waals surface area contributed by atoms with Crippen molar-refractivity contribution in [1.82, 2.24) is 5.32 Å². The molecule has 122 valence electrons. The number of amides is 2. The van der Waals surface area contributed by atoms with Crippen LogP contribution in [0.1, 0.15) is 46.1 Å². The number of carbonyl (C=O) groups excluding carboxylic acids is 2. The third-order valence-electron chi connectivity index (χ3n) is 3.30. The van der Waals surface area contributed by atoms with Crippen molar-refractivity contribution in [2.45, 2.75) is 52.1 Å². The van der Waals surface area contributed by atoms with Gasteiger partial charge in [0, 0.05) is 13.0 Å². The highest BCUT2D eigenvalue weighted by Gasteiger charge is 2.16. The van der Waals surface area contributed by atoms with Crippen molar-refractivity contribution in [2.24, 2.45) is 5.73 Å². The standard InChI is InChI=1S/C17H26N2O3/c1-12(16(21)19-11-5-6-15(18)20)22-14-9-7-13(8-10-14)17(2,3)4/h7-10,12H,5-6,11H2,1-4H3,(H2,18,20)(H,19,21). The van der Waals surface area contributed by atoms with Crippen LogP contribution in [0.4, 0.5) is 0 Å². The minimum atomic E-state index is -0.589. The summed E-state index contributed by atoms with van der Waals surface area (Å²) in [4.78, 5) is 22.5. The molecule has 1 rings (SSSR count). The zero-order valence-corrected chi connectivity index (χ0v) is 13.8. The van der Waals surface area contributed by atoms with Gasteiger partial charge in [-0.15, -0.1) is 0 Å². The molecule has 0 saturated carbocycles. The summed E-state index contributed by atoms with van der Waals surface area (Å²) < 4.78 is 5.62. The van der Waals surface area contributed by atoms with E-state index < -0.39 is 6.10 Å². The van der Waals surface area contributed by atoms with E-state index in [1.54, 1.807) is 6.92 Å². The minimum absolute atomic E-state index is 0.0853. The summed E-state index contributed by atoms with van der Waals surface area (Å²) in [5.41, 5.74) is 6.33. The van der Waals surface area contributed by atoms with Crippen LogP contribution in [-0.2, 0) is 15.0 Å². The van der Waals surface area contributed by atoms with E-state index in [1.807, 2.05) is 24.3 Å². The number of nitrogens with two attached hydrogens (primary N) is 1. The highest BCUT2D eigenvalue weighted by Crippen LogP contribution is 2.24. The zero-order chi connectivity index (χ0) is 16.8. The average molecular weight is 306 g/mol. The summed E-state index contributed by atoms with van der Waals surface area (Å²) in [7, 11) is 0. The van der Waals surface area contributed by atoms with E-state index in [9.17, 15) is 9.59 Å². The smallest absolute Gasteiger partial charge is 0.260 e. The third kappa shape index (κ3) is 6.16. The van der Waals surface area contributed by atoms with Gasteiger partial charge in [0.25, 0.3) is 5.91 Å². The molecule has 2 amide bonds. The molecular formula is C17H26N2O3. The first-order valence-electron chi connectivity index (χ1n) is 7.53. The molecule has 0 aliphatic heterocycles. The van der Waals surface area contributed by atoms with Crippen LogP contribution in [-0.4, -0.2) is 24.5 Å². The molecule has 0 bridgehead atoms. The molecule has 0 radical (unpaired) electrons. The molecule has 1 atom stereocenters. The summed E-state index contributed by atoms with van der Waals surface area (Å²) in [6, 6.07) is 7.76. The Kier molecular flexibility index (Phi) is 6.40. The Morgan fingerprint density at radius 3 is 2.32 bits per heavy atom. The molecule has 5 heteroatoms. The van der Waals surface area contributed by atoms with Gasteiger partial charge in [0.05, 0.1) is 0 Å². The lowest BCUT2D eigenvalue weighted by molar-refractivity contribution is -0.127. The highest BCUT2D eigenvalue weighted by molar-refractivity contribution is 5.80. The molecule has 0 aromatic heterocycles. The molecule has 0 saturated heterocycles. The van der Waals surface area contributed by atoms with E-state index in [2.05, 4.69) is 26.1 Å². The summed E-state index contributed by atoms with van der Waals surface area (Å²) in [6.07, 6.45) is 0.215. The maximum Gasteiger partial charge on any atom is 0.260 e. The number of nitrogens with one attached hydrogen (secondary N) is 1. The molecule has 1 unspecified atom stereocenters. The van der Waals surface area contributed by atoms with E-state index in [0.29, 0.717) is 18.7 Å². The van der Waals surface area contributed by atoms with Crippen LogP contribution in [0.25, 0.3) is 0 Å². The fraction of sp³-hybridized carbons (Fsp3) is 0.529. The normalized spacial score (nSPS) is 12.5. The summed E-state index contributed by atoms with van der Waals surface area (Å²) in [5.74, 6) is 0.0923. The molecule has 0 aliphatic carbocycles. The number of rotatable bonds is 7. The monoisotopic (exact) mass is 306 g/mol. The Bertz CT molecular complexity index is 504. The van der Waals surface area contributed by atoms with Gasteiger partial charge >= 0.3 is 0 Å². The predicted molar refractivity (Wildman–Crippen MR) is 86.7 cm³/mol. The second-order valence-electron chi connectivity index (χ2n) is 6.40. The Hall–Kier alpha value is -2.04. The lowest BCUT2D eigenvalue weighted by Crippen LogP contribution is -2.37. The number of ether oxygens (including phenoxy) is 1. The molecule has 22 heavy (non-hydrogen) atoms. The SMILES string of the molecule is CC(Oc1ccc(C(C)(C)C)cc1)C(=O)NCCCC(N)=O. The second-order valence-corrected chi connectivity index (χ2v) is 6.40. The number of hydrogen-bond acceptors (Lipinski definition) is 3. The van der Waals surface area contributed by atoms with Crippen LogP contribution in [0.3, 0.4) is 0 Å². The maximum absolute atomic E-state index is 11.9. The number of primary amides is 1. The van der Waals surface area contributed by atoms with Crippen LogP contribution in [0, 0.1) is 0 Å². The zero-order valence-electron chi connectivity index (χ0n) is 13.8. The van der Waals surface area contributed by atoms with Gasteiger partial charge in [-0.3, -0.25) is 9.59 Å². The second kappa shape index (κ2) is 7.82. The summed E-state index contributed by atoms with van der Waals surface area (Å²) in [6.45, 7) is 8.54. The number of benzene rings is 1. The molecule has 1 aromatic rings. The van der Waals surface area contributed by atoms with Crippen molar-refractivity contribution in [3.8, 4) is 5.75 Å². The third-order valence-corrected chi connectivity index (χ3v) is 3.30. The van der Waals surface area contributed by atoms with Gasteiger partial charge < -0.3 is 15.8 Å². The van der Waals surface area contributed by atoms with Gasteiger partial charge in [-0.05, 0) is 36.5 Å². The lowest BCUT2D eigenvalue weighted by atomic mass is 9.87. The van der Waals surface area contributed by atoms with E-state index >= 15 is 0 Å². The Morgan fingerprint density at radius 1 is 1.23 bits per heavy atom. The van der Waals surface area contributed by atoms with Crippen molar-refractivity contribution < 1.29 is 14.3 Å². The van der Waals surface area contributed by atoms with Gasteiger partial charge in [-0.2, -0.15) is 0 Å². The van der Waals surface area contributed by atoms with Gasteiger partial charge in [0.2, 0.25) is 5.91 Å². The minimum Gasteiger partial charge on any atom is -0.481 e. The quantitative estimate of drug-likeness (QED) is 0.757. The Labute approximate surface area is 132 Å². The molecule has 0 spiro atoms. The molecule has 1 aromatic carbocycles. The first-order chi connectivity index (χ1) is 10.2.